The molecule has 1 amide bonds. The highest BCUT2D eigenvalue weighted by Gasteiger charge is 2.20. The van der Waals surface area contributed by atoms with E-state index in [2.05, 4.69) is 15.2 Å². The van der Waals surface area contributed by atoms with Crippen LogP contribution in [0.3, 0.4) is 0 Å². The summed E-state index contributed by atoms with van der Waals surface area (Å²) in [7, 11) is 0. The molecule has 156 valence electrons. The van der Waals surface area contributed by atoms with Crippen molar-refractivity contribution in [3.05, 3.63) is 36.3 Å². The van der Waals surface area contributed by atoms with Crippen LogP contribution < -0.4 is 5.73 Å². The number of nitrogens with one attached hydrogen (secondary N) is 1. The lowest BCUT2D eigenvalue weighted by Crippen LogP contribution is -2.31. The highest BCUT2D eigenvalue weighted by molar-refractivity contribution is 6.07. The van der Waals surface area contributed by atoms with Gasteiger partial charge < -0.3 is 20.3 Å². The van der Waals surface area contributed by atoms with Crippen molar-refractivity contribution < 1.29 is 9.90 Å². The van der Waals surface area contributed by atoms with Crippen LogP contribution >= 0.6 is 0 Å². The predicted molar refractivity (Wildman–Crippen MR) is 115 cm³/mol. The number of aromatic amines is 1. The van der Waals surface area contributed by atoms with Crippen LogP contribution in [-0.4, -0.2) is 53.8 Å². The number of aliphatic hydroxyl groups is 1. The Balaban J connectivity index is 1.90. The number of nitrogen functional groups attached to an aromatic ring is 1. The number of fused-ring (bicyclic) bond motifs is 3. The van der Waals surface area contributed by atoms with Crippen LogP contribution in [0.5, 0.6) is 0 Å². The number of carbonyl (C=O) groups excluding carboxylic acids is 1. The summed E-state index contributed by atoms with van der Waals surface area (Å²) in [4.78, 5) is 23.3. The van der Waals surface area contributed by atoms with Crippen LogP contribution in [0.25, 0.3) is 33.2 Å². The maximum absolute atomic E-state index is 12.3. The number of nitrogens with two attached hydrogens (primary N) is 1. The second kappa shape index (κ2) is 8.11. The van der Waals surface area contributed by atoms with Gasteiger partial charge in [-0.2, -0.15) is 5.10 Å². The summed E-state index contributed by atoms with van der Waals surface area (Å²) >= 11 is 0. The predicted octanol–water partition coefficient (Wildman–Crippen LogP) is 2.31. The second-order valence-corrected chi connectivity index (χ2v) is 7.06. The zero-order valence-electron chi connectivity index (χ0n) is 17.1. The summed E-state index contributed by atoms with van der Waals surface area (Å²) < 4.78 is 1.94. The molecule has 0 spiro atoms. The summed E-state index contributed by atoms with van der Waals surface area (Å²) in [5, 5.41) is 17.5. The number of anilines is 1. The fraction of sp³-hybridized carbons (Fsp3) is 0.333. The molecule has 0 aliphatic carbocycles. The zero-order valence-corrected chi connectivity index (χ0v) is 17.1. The van der Waals surface area contributed by atoms with E-state index in [0.717, 1.165) is 27.7 Å². The number of carbonyl (C=O) groups is 1. The van der Waals surface area contributed by atoms with Gasteiger partial charge in [-0.05, 0) is 25.1 Å². The standard InChI is InChI=1S/C21H25N7O2/c1-3-18(30)27(4-2)12-17-25-19-20(28(17)9-10-29)14-6-5-13(15-7-8-23-26-15)11-16(14)24-21(19)22/h5-8,11,29H,3-4,9-10,12H2,1-2H3,(H2,22,24)(H,23,26). The van der Waals surface area contributed by atoms with Gasteiger partial charge in [0.2, 0.25) is 5.91 Å². The molecule has 0 saturated carbocycles. The Morgan fingerprint density at radius 3 is 2.77 bits per heavy atom. The SMILES string of the molecule is CCC(=O)N(CC)Cc1nc2c(N)nc3cc(-c4ccn[nH]4)ccc3c2n1CCO. The van der Waals surface area contributed by atoms with Gasteiger partial charge in [0.1, 0.15) is 11.3 Å². The number of hydrogen-bond donors (Lipinski definition) is 3. The lowest BCUT2D eigenvalue weighted by atomic mass is 10.1. The number of aromatic nitrogens is 5. The van der Waals surface area contributed by atoms with Crippen molar-refractivity contribution in [2.45, 2.75) is 33.4 Å². The maximum atomic E-state index is 12.3. The second-order valence-electron chi connectivity index (χ2n) is 7.06. The van der Waals surface area contributed by atoms with E-state index in [1.54, 1.807) is 11.1 Å². The van der Waals surface area contributed by atoms with Crippen molar-refractivity contribution >= 4 is 33.7 Å². The average Bonchev–Trinajstić information content (AvgIpc) is 3.41. The molecule has 30 heavy (non-hydrogen) atoms. The molecule has 0 fully saturated rings. The molecule has 0 radical (unpaired) electrons. The van der Waals surface area contributed by atoms with Gasteiger partial charge in [0.15, 0.2) is 5.82 Å². The molecule has 0 aliphatic rings. The van der Waals surface area contributed by atoms with E-state index in [-0.39, 0.29) is 12.5 Å². The molecular formula is C21H25N7O2. The van der Waals surface area contributed by atoms with E-state index in [1.165, 1.54) is 0 Å². The van der Waals surface area contributed by atoms with E-state index >= 15 is 0 Å². The minimum atomic E-state index is -0.0533. The molecule has 0 aliphatic heterocycles. The van der Waals surface area contributed by atoms with Crippen molar-refractivity contribution in [1.29, 1.82) is 0 Å². The molecule has 3 aromatic heterocycles. The van der Waals surface area contributed by atoms with E-state index in [9.17, 15) is 9.90 Å². The van der Waals surface area contributed by atoms with E-state index < -0.39 is 0 Å². The van der Waals surface area contributed by atoms with Crippen LogP contribution in [0.1, 0.15) is 26.1 Å². The first-order valence-electron chi connectivity index (χ1n) is 10.0. The third kappa shape index (κ3) is 3.37. The molecule has 4 aromatic rings. The minimum Gasteiger partial charge on any atom is -0.395 e. The first-order valence-corrected chi connectivity index (χ1v) is 10.0. The maximum Gasteiger partial charge on any atom is 0.222 e. The van der Waals surface area contributed by atoms with Gasteiger partial charge in [-0.3, -0.25) is 9.89 Å². The largest absolute Gasteiger partial charge is 0.395 e. The normalized spacial score (nSPS) is 11.4. The van der Waals surface area contributed by atoms with Gasteiger partial charge >= 0.3 is 0 Å². The Hall–Kier alpha value is -3.46. The number of hydrogen-bond acceptors (Lipinski definition) is 6. The average molecular weight is 407 g/mol. The monoisotopic (exact) mass is 407 g/mol. The molecule has 0 unspecified atom stereocenters. The number of aliphatic hydroxyl groups excluding tert-OH is 1. The van der Waals surface area contributed by atoms with Gasteiger partial charge in [0, 0.05) is 36.7 Å². The van der Waals surface area contributed by atoms with E-state index in [0.29, 0.717) is 43.2 Å². The zero-order chi connectivity index (χ0) is 21.3. The van der Waals surface area contributed by atoms with Crippen LogP contribution in [0.15, 0.2) is 30.5 Å². The van der Waals surface area contributed by atoms with Crippen molar-refractivity contribution in [1.82, 2.24) is 29.6 Å². The lowest BCUT2D eigenvalue weighted by Gasteiger charge is -2.20. The number of imidazole rings is 1. The highest BCUT2D eigenvalue weighted by Crippen LogP contribution is 2.31. The molecular weight excluding hydrogens is 382 g/mol. The van der Waals surface area contributed by atoms with Gasteiger partial charge in [0.25, 0.3) is 0 Å². The molecule has 0 saturated heterocycles. The number of pyridine rings is 1. The van der Waals surface area contributed by atoms with E-state index in [1.807, 2.05) is 42.7 Å². The summed E-state index contributed by atoms with van der Waals surface area (Å²) in [5.74, 6) is 1.06. The Morgan fingerprint density at radius 2 is 2.10 bits per heavy atom. The molecule has 4 rings (SSSR count). The first-order chi connectivity index (χ1) is 14.6. The molecule has 0 bridgehead atoms. The third-order valence-corrected chi connectivity index (χ3v) is 5.29. The first kappa shape index (κ1) is 19.8. The Kier molecular flexibility index (Phi) is 5.37. The topological polar surface area (TPSA) is 126 Å². The van der Waals surface area contributed by atoms with Gasteiger partial charge in [-0.15, -0.1) is 0 Å². The number of benzene rings is 1. The fourth-order valence-electron chi connectivity index (χ4n) is 3.77. The van der Waals surface area contributed by atoms with Gasteiger partial charge in [-0.25, -0.2) is 9.97 Å². The summed E-state index contributed by atoms with van der Waals surface area (Å²) in [6.45, 7) is 5.01. The van der Waals surface area contributed by atoms with Crippen LogP contribution in [-0.2, 0) is 17.9 Å². The minimum absolute atomic E-state index is 0.0533. The quantitative estimate of drug-likeness (QED) is 0.432. The van der Waals surface area contributed by atoms with Crippen molar-refractivity contribution in [2.24, 2.45) is 0 Å². The number of H-pyrrole nitrogens is 1. The third-order valence-electron chi connectivity index (χ3n) is 5.29. The van der Waals surface area contributed by atoms with Crippen LogP contribution in [0, 0.1) is 0 Å². The smallest absolute Gasteiger partial charge is 0.222 e. The summed E-state index contributed by atoms with van der Waals surface area (Å²) in [6.07, 6.45) is 2.13. The van der Waals surface area contributed by atoms with E-state index in [4.69, 9.17) is 10.7 Å². The lowest BCUT2D eigenvalue weighted by molar-refractivity contribution is -0.131. The highest BCUT2D eigenvalue weighted by atomic mass is 16.3. The molecule has 9 heteroatoms. The number of rotatable bonds is 7. The van der Waals surface area contributed by atoms with Crippen LogP contribution in [0.4, 0.5) is 5.82 Å². The molecule has 1 aromatic carbocycles. The Labute approximate surface area is 173 Å². The summed E-state index contributed by atoms with van der Waals surface area (Å²) in [6, 6.07) is 7.81. The molecule has 3 heterocycles. The Morgan fingerprint density at radius 1 is 1.27 bits per heavy atom. The number of nitrogens with zero attached hydrogens (tertiary/aromatic N) is 5. The summed E-state index contributed by atoms with van der Waals surface area (Å²) in [5.41, 5.74) is 10.2. The van der Waals surface area contributed by atoms with Gasteiger partial charge in [-0.1, -0.05) is 13.0 Å². The molecule has 0 atom stereocenters. The van der Waals surface area contributed by atoms with Crippen molar-refractivity contribution in [2.75, 3.05) is 18.9 Å². The molecule has 9 nitrogen and oxygen atoms in total. The van der Waals surface area contributed by atoms with Gasteiger partial charge in [0.05, 0.1) is 29.9 Å². The Bertz CT molecular complexity index is 1200. The van der Waals surface area contributed by atoms with Crippen LogP contribution in [0.2, 0.25) is 0 Å². The molecule has 4 N–H and O–H groups in total. The van der Waals surface area contributed by atoms with Crippen molar-refractivity contribution in [3.8, 4) is 11.3 Å². The van der Waals surface area contributed by atoms with Crippen molar-refractivity contribution in [3.63, 3.8) is 0 Å². The number of amides is 1. The fourth-order valence-corrected chi connectivity index (χ4v) is 3.77.